The highest BCUT2D eigenvalue weighted by Crippen LogP contribution is 2.23. The molecular weight excluding hydrogens is 164 g/mol. The van der Waals surface area contributed by atoms with Gasteiger partial charge in [-0.3, -0.25) is 4.79 Å². The molecule has 0 radical (unpaired) electrons. The fraction of sp³-hybridized carbons (Fsp3) is 0.900. The molecule has 0 aliphatic heterocycles. The maximum absolute atomic E-state index is 11.2. The maximum Gasteiger partial charge on any atom is 0.221 e. The van der Waals surface area contributed by atoms with E-state index in [9.17, 15) is 4.79 Å². The van der Waals surface area contributed by atoms with Crippen LogP contribution in [-0.4, -0.2) is 26.0 Å². The minimum Gasteiger partial charge on any atom is -0.356 e. The SMILES string of the molecule is CNCCC(=O)NCC1CCCC1. The van der Waals surface area contributed by atoms with Crippen LogP contribution >= 0.6 is 0 Å². The third kappa shape index (κ3) is 4.27. The molecule has 0 spiro atoms. The van der Waals surface area contributed by atoms with Crippen LogP contribution in [0.3, 0.4) is 0 Å². The van der Waals surface area contributed by atoms with Gasteiger partial charge in [0.25, 0.3) is 0 Å². The van der Waals surface area contributed by atoms with Gasteiger partial charge in [-0.1, -0.05) is 12.8 Å². The van der Waals surface area contributed by atoms with E-state index in [0.29, 0.717) is 6.42 Å². The van der Waals surface area contributed by atoms with Gasteiger partial charge in [0.1, 0.15) is 0 Å². The molecule has 2 N–H and O–H groups in total. The lowest BCUT2D eigenvalue weighted by Crippen LogP contribution is -2.30. The molecule has 0 aromatic carbocycles. The Morgan fingerprint density at radius 1 is 1.38 bits per heavy atom. The van der Waals surface area contributed by atoms with Gasteiger partial charge in [0, 0.05) is 19.5 Å². The van der Waals surface area contributed by atoms with Crippen LogP contribution in [0.5, 0.6) is 0 Å². The fourth-order valence-electron chi connectivity index (χ4n) is 1.80. The van der Waals surface area contributed by atoms with E-state index in [4.69, 9.17) is 0 Å². The number of carbonyl (C=O) groups is 1. The minimum absolute atomic E-state index is 0.182. The summed E-state index contributed by atoms with van der Waals surface area (Å²) in [6.07, 6.45) is 5.88. The smallest absolute Gasteiger partial charge is 0.221 e. The number of hydrogen-bond donors (Lipinski definition) is 2. The highest BCUT2D eigenvalue weighted by molar-refractivity contribution is 5.76. The van der Waals surface area contributed by atoms with Crippen molar-refractivity contribution < 1.29 is 4.79 Å². The van der Waals surface area contributed by atoms with Crippen LogP contribution in [0.4, 0.5) is 0 Å². The summed E-state index contributed by atoms with van der Waals surface area (Å²) in [5.74, 6) is 0.930. The second-order valence-electron chi connectivity index (χ2n) is 3.81. The number of hydrogen-bond acceptors (Lipinski definition) is 2. The van der Waals surface area contributed by atoms with Crippen molar-refractivity contribution in [2.75, 3.05) is 20.1 Å². The maximum atomic E-state index is 11.2. The standard InChI is InChI=1S/C10H20N2O/c1-11-7-6-10(13)12-8-9-4-2-3-5-9/h9,11H,2-8H2,1H3,(H,12,13). The van der Waals surface area contributed by atoms with Crippen molar-refractivity contribution in [2.45, 2.75) is 32.1 Å². The van der Waals surface area contributed by atoms with Gasteiger partial charge >= 0.3 is 0 Å². The van der Waals surface area contributed by atoms with Crippen molar-refractivity contribution in [3.05, 3.63) is 0 Å². The Morgan fingerprint density at radius 3 is 2.69 bits per heavy atom. The molecule has 3 nitrogen and oxygen atoms in total. The van der Waals surface area contributed by atoms with Crippen LogP contribution in [-0.2, 0) is 4.79 Å². The van der Waals surface area contributed by atoms with Crippen molar-refractivity contribution in [2.24, 2.45) is 5.92 Å². The first-order valence-corrected chi connectivity index (χ1v) is 5.24. The summed E-state index contributed by atoms with van der Waals surface area (Å²) in [7, 11) is 1.87. The monoisotopic (exact) mass is 184 g/mol. The first-order valence-electron chi connectivity index (χ1n) is 5.24. The van der Waals surface area contributed by atoms with E-state index in [0.717, 1.165) is 19.0 Å². The van der Waals surface area contributed by atoms with Crippen molar-refractivity contribution in [1.82, 2.24) is 10.6 Å². The molecule has 1 amide bonds. The van der Waals surface area contributed by atoms with Crippen LogP contribution < -0.4 is 10.6 Å². The van der Waals surface area contributed by atoms with Crippen molar-refractivity contribution >= 4 is 5.91 Å². The Kier molecular flexibility index (Phi) is 4.83. The molecule has 1 fully saturated rings. The zero-order valence-electron chi connectivity index (χ0n) is 8.44. The molecule has 0 atom stereocenters. The first kappa shape index (κ1) is 10.5. The number of nitrogens with one attached hydrogen (secondary N) is 2. The average molecular weight is 184 g/mol. The molecule has 0 bridgehead atoms. The van der Waals surface area contributed by atoms with Gasteiger partial charge in [0.05, 0.1) is 0 Å². The van der Waals surface area contributed by atoms with E-state index >= 15 is 0 Å². The average Bonchev–Trinajstić information content (AvgIpc) is 2.64. The second kappa shape index (κ2) is 5.97. The van der Waals surface area contributed by atoms with E-state index in [1.54, 1.807) is 0 Å². The largest absolute Gasteiger partial charge is 0.356 e. The molecule has 13 heavy (non-hydrogen) atoms. The normalized spacial score (nSPS) is 17.6. The Hall–Kier alpha value is -0.570. The van der Waals surface area contributed by atoms with Gasteiger partial charge in [0.2, 0.25) is 5.91 Å². The Bertz CT molecular complexity index is 153. The zero-order chi connectivity index (χ0) is 9.52. The number of carbonyl (C=O) groups excluding carboxylic acids is 1. The van der Waals surface area contributed by atoms with E-state index in [1.165, 1.54) is 25.7 Å². The van der Waals surface area contributed by atoms with E-state index in [1.807, 2.05) is 7.05 Å². The molecule has 3 heteroatoms. The molecule has 1 rings (SSSR count). The van der Waals surface area contributed by atoms with Crippen LogP contribution in [0, 0.1) is 5.92 Å². The van der Waals surface area contributed by atoms with Crippen molar-refractivity contribution in [1.29, 1.82) is 0 Å². The lowest BCUT2D eigenvalue weighted by atomic mass is 10.1. The third-order valence-corrected chi connectivity index (χ3v) is 2.66. The fourth-order valence-corrected chi connectivity index (χ4v) is 1.80. The van der Waals surface area contributed by atoms with Gasteiger partial charge in [-0.05, 0) is 25.8 Å². The molecule has 1 aliphatic carbocycles. The van der Waals surface area contributed by atoms with Gasteiger partial charge in [0.15, 0.2) is 0 Å². The Labute approximate surface area is 80.3 Å². The van der Waals surface area contributed by atoms with E-state index < -0.39 is 0 Å². The molecular formula is C10H20N2O. The second-order valence-corrected chi connectivity index (χ2v) is 3.81. The molecule has 0 heterocycles. The summed E-state index contributed by atoms with van der Waals surface area (Å²) >= 11 is 0. The predicted octanol–water partition coefficient (Wildman–Crippen LogP) is 0.902. The highest BCUT2D eigenvalue weighted by Gasteiger charge is 2.15. The summed E-state index contributed by atoms with van der Waals surface area (Å²) in [4.78, 5) is 11.2. The van der Waals surface area contributed by atoms with Gasteiger partial charge in [-0.25, -0.2) is 0 Å². The third-order valence-electron chi connectivity index (χ3n) is 2.66. The van der Waals surface area contributed by atoms with E-state index in [-0.39, 0.29) is 5.91 Å². The molecule has 0 aromatic heterocycles. The first-order chi connectivity index (χ1) is 6.33. The number of amides is 1. The highest BCUT2D eigenvalue weighted by atomic mass is 16.1. The summed E-state index contributed by atoms with van der Waals surface area (Å²) < 4.78 is 0. The van der Waals surface area contributed by atoms with Gasteiger partial charge in [-0.15, -0.1) is 0 Å². The van der Waals surface area contributed by atoms with Gasteiger partial charge in [-0.2, -0.15) is 0 Å². The van der Waals surface area contributed by atoms with Crippen LogP contribution in [0.2, 0.25) is 0 Å². The lowest BCUT2D eigenvalue weighted by Gasteiger charge is -2.10. The van der Waals surface area contributed by atoms with Crippen LogP contribution in [0.15, 0.2) is 0 Å². The molecule has 1 aliphatic rings. The zero-order valence-corrected chi connectivity index (χ0v) is 8.44. The summed E-state index contributed by atoms with van der Waals surface area (Å²) in [5.41, 5.74) is 0. The lowest BCUT2D eigenvalue weighted by molar-refractivity contribution is -0.121. The van der Waals surface area contributed by atoms with Crippen LogP contribution in [0.1, 0.15) is 32.1 Å². The Morgan fingerprint density at radius 2 is 2.08 bits per heavy atom. The minimum atomic E-state index is 0.182. The molecule has 0 aromatic rings. The van der Waals surface area contributed by atoms with Gasteiger partial charge < -0.3 is 10.6 Å². The van der Waals surface area contributed by atoms with Crippen LogP contribution in [0.25, 0.3) is 0 Å². The molecule has 76 valence electrons. The molecule has 0 saturated heterocycles. The topological polar surface area (TPSA) is 41.1 Å². The Balaban J connectivity index is 2.00. The predicted molar refractivity (Wildman–Crippen MR) is 53.5 cm³/mol. The summed E-state index contributed by atoms with van der Waals surface area (Å²) in [6.45, 7) is 1.67. The van der Waals surface area contributed by atoms with E-state index in [2.05, 4.69) is 10.6 Å². The summed E-state index contributed by atoms with van der Waals surface area (Å²) in [5, 5.41) is 5.95. The quantitative estimate of drug-likeness (QED) is 0.666. The number of rotatable bonds is 5. The molecule has 0 unspecified atom stereocenters. The summed E-state index contributed by atoms with van der Waals surface area (Å²) in [6, 6.07) is 0. The molecule has 1 saturated carbocycles. The van der Waals surface area contributed by atoms with Crippen molar-refractivity contribution in [3.8, 4) is 0 Å². The van der Waals surface area contributed by atoms with Crippen molar-refractivity contribution in [3.63, 3.8) is 0 Å².